The van der Waals surface area contributed by atoms with Crippen molar-refractivity contribution in [3.05, 3.63) is 70.4 Å². The average Bonchev–Trinajstić information content (AvgIpc) is 3.19. The highest BCUT2D eigenvalue weighted by Gasteiger charge is 2.14. The Morgan fingerprint density at radius 3 is 2.45 bits per heavy atom. The second kappa shape index (κ2) is 12.1. The van der Waals surface area contributed by atoms with Crippen LogP contribution in [0.2, 0.25) is 5.02 Å². The number of nitrogens with one attached hydrogen (secondary N) is 2. The number of urea groups is 1. The summed E-state index contributed by atoms with van der Waals surface area (Å²) in [6.07, 6.45) is 3.99. The molecule has 0 saturated heterocycles. The number of carbonyl (C=O) groups is 1. The molecule has 6 nitrogen and oxygen atoms in total. The van der Waals surface area contributed by atoms with E-state index in [0.29, 0.717) is 16.5 Å². The van der Waals surface area contributed by atoms with Crippen LogP contribution in [0.25, 0.3) is 5.69 Å². The van der Waals surface area contributed by atoms with Gasteiger partial charge in [0.2, 0.25) is 0 Å². The van der Waals surface area contributed by atoms with Crippen LogP contribution in [0.15, 0.2) is 48.5 Å². The second-order valence-corrected chi connectivity index (χ2v) is 7.45. The van der Waals surface area contributed by atoms with Crippen molar-refractivity contribution in [2.75, 3.05) is 17.7 Å². The zero-order chi connectivity index (χ0) is 22.8. The predicted molar refractivity (Wildman–Crippen MR) is 129 cm³/mol. The molecule has 1 heterocycles. The third kappa shape index (κ3) is 6.57. The van der Waals surface area contributed by atoms with Crippen molar-refractivity contribution >= 4 is 29.1 Å². The number of benzene rings is 2. The van der Waals surface area contributed by atoms with Gasteiger partial charge in [-0.2, -0.15) is 5.10 Å². The Balaban J connectivity index is 0.00000166. The first kappa shape index (κ1) is 24.4. The van der Waals surface area contributed by atoms with Crippen LogP contribution in [-0.2, 0) is 12.8 Å². The number of anilines is 2. The number of amides is 2. The predicted octanol–water partition coefficient (Wildman–Crippen LogP) is 5.99. The van der Waals surface area contributed by atoms with Crippen molar-refractivity contribution in [2.45, 2.75) is 46.5 Å². The smallest absolute Gasteiger partial charge is 0.324 e. The fourth-order valence-corrected chi connectivity index (χ4v) is 3.26. The monoisotopic (exact) mass is 442 g/mol. The molecule has 1 aromatic heterocycles. The minimum absolute atomic E-state index is 0.356. The quantitative estimate of drug-likeness (QED) is 0.420. The zero-order valence-electron chi connectivity index (χ0n) is 18.6. The summed E-state index contributed by atoms with van der Waals surface area (Å²) in [4.78, 5) is 12.6. The Morgan fingerprint density at radius 1 is 1.10 bits per heavy atom. The third-order valence-electron chi connectivity index (χ3n) is 4.82. The number of aromatic nitrogens is 2. The summed E-state index contributed by atoms with van der Waals surface area (Å²) >= 11 is 6.30. The Morgan fingerprint density at radius 2 is 1.81 bits per heavy atom. The van der Waals surface area contributed by atoms with E-state index in [-0.39, 0.29) is 6.03 Å². The number of aryl methyl sites for hydroxylation is 3. The standard InChI is InChI=1S/C23H27ClN4O.CH4O/c1-4-6-9-18-15-21(28(27-18)19-13-11-17(5-2)12-14-19)26-23(29)25-20-10-7-8-16(3)22(20)24;1-2/h7-8,10-15H,4-6,9H2,1-3H3,(H2,25,26,29);2H,1H3. The maximum atomic E-state index is 12.6. The highest BCUT2D eigenvalue weighted by molar-refractivity contribution is 6.34. The molecule has 0 atom stereocenters. The molecule has 0 aliphatic rings. The third-order valence-corrected chi connectivity index (χ3v) is 5.32. The van der Waals surface area contributed by atoms with Crippen LogP contribution in [0.4, 0.5) is 16.3 Å². The number of aliphatic hydroxyl groups is 1. The van der Waals surface area contributed by atoms with Crippen molar-refractivity contribution in [2.24, 2.45) is 0 Å². The molecule has 2 aromatic carbocycles. The number of carbonyl (C=O) groups excluding carboxylic acids is 1. The lowest BCUT2D eigenvalue weighted by Crippen LogP contribution is -2.21. The molecule has 3 aromatic rings. The number of halogens is 1. The number of hydrogen-bond acceptors (Lipinski definition) is 3. The van der Waals surface area contributed by atoms with Crippen LogP contribution in [0.5, 0.6) is 0 Å². The zero-order valence-corrected chi connectivity index (χ0v) is 19.3. The SMILES string of the molecule is CCCCc1cc(NC(=O)Nc2cccc(C)c2Cl)n(-c2ccc(CC)cc2)n1.CO. The molecule has 0 fully saturated rings. The minimum atomic E-state index is -0.356. The van der Waals surface area contributed by atoms with E-state index in [4.69, 9.17) is 21.8 Å². The van der Waals surface area contributed by atoms with Gasteiger partial charge in [-0.3, -0.25) is 5.32 Å². The molecule has 0 unspecified atom stereocenters. The molecule has 3 rings (SSSR count). The first-order valence-electron chi connectivity index (χ1n) is 10.5. The summed E-state index contributed by atoms with van der Waals surface area (Å²) in [5.41, 5.74) is 4.61. The number of hydrogen-bond donors (Lipinski definition) is 3. The van der Waals surface area contributed by atoms with Crippen molar-refractivity contribution in [1.82, 2.24) is 9.78 Å². The summed E-state index contributed by atoms with van der Waals surface area (Å²) in [6.45, 7) is 6.18. The van der Waals surface area contributed by atoms with Crippen LogP contribution >= 0.6 is 11.6 Å². The van der Waals surface area contributed by atoms with Crippen LogP contribution < -0.4 is 10.6 Å². The fourth-order valence-electron chi connectivity index (χ4n) is 3.08. The van der Waals surface area contributed by atoms with E-state index in [1.807, 2.05) is 37.3 Å². The lowest BCUT2D eigenvalue weighted by Gasteiger charge is -2.12. The van der Waals surface area contributed by atoms with Gasteiger partial charge in [-0.25, -0.2) is 9.48 Å². The summed E-state index contributed by atoms with van der Waals surface area (Å²) in [5.74, 6) is 0.627. The lowest BCUT2D eigenvalue weighted by atomic mass is 10.1. The molecule has 2 amide bonds. The van der Waals surface area contributed by atoms with E-state index in [2.05, 4.69) is 36.6 Å². The normalized spacial score (nSPS) is 10.3. The molecule has 0 bridgehead atoms. The van der Waals surface area contributed by atoms with Crippen molar-refractivity contribution in [1.29, 1.82) is 0 Å². The highest BCUT2D eigenvalue weighted by Crippen LogP contribution is 2.26. The average molecular weight is 443 g/mol. The van der Waals surface area contributed by atoms with E-state index < -0.39 is 0 Å². The maximum Gasteiger partial charge on any atom is 0.324 e. The molecule has 0 radical (unpaired) electrons. The Kier molecular flexibility index (Phi) is 9.56. The topological polar surface area (TPSA) is 79.2 Å². The molecule has 0 aliphatic carbocycles. The Hall–Kier alpha value is -2.83. The van der Waals surface area contributed by atoms with Crippen molar-refractivity contribution in [3.8, 4) is 5.69 Å². The van der Waals surface area contributed by atoms with Crippen molar-refractivity contribution in [3.63, 3.8) is 0 Å². The maximum absolute atomic E-state index is 12.6. The number of nitrogens with zero attached hydrogens (tertiary/aromatic N) is 2. The molecule has 0 aliphatic heterocycles. The first-order valence-corrected chi connectivity index (χ1v) is 10.9. The molecule has 3 N–H and O–H groups in total. The van der Waals surface area contributed by atoms with Gasteiger partial charge < -0.3 is 10.4 Å². The van der Waals surface area contributed by atoms with Gasteiger partial charge >= 0.3 is 6.03 Å². The van der Waals surface area contributed by atoms with E-state index in [1.54, 1.807) is 10.7 Å². The van der Waals surface area contributed by atoms with E-state index in [9.17, 15) is 4.79 Å². The largest absolute Gasteiger partial charge is 0.400 e. The molecule has 31 heavy (non-hydrogen) atoms. The minimum Gasteiger partial charge on any atom is -0.400 e. The van der Waals surface area contributed by atoms with E-state index >= 15 is 0 Å². The van der Waals surface area contributed by atoms with Crippen LogP contribution in [-0.4, -0.2) is 28.0 Å². The van der Waals surface area contributed by atoms with Gasteiger partial charge in [0.25, 0.3) is 0 Å². The Bertz CT molecular complexity index is 984. The van der Waals surface area contributed by atoms with Gasteiger partial charge in [0.15, 0.2) is 0 Å². The number of aliphatic hydroxyl groups excluding tert-OH is 1. The van der Waals surface area contributed by atoms with Gasteiger partial charge in [-0.05, 0) is 55.5 Å². The number of rotatable bonds is 7. The molecular formula is C24H31ClN4O2. The summed E-state index contributed by atoms with van der Waals surface area (Å²) in [7, 11) is 1.00. The Labute approximate surface area is 189 Å². The van der Waals surface area contributed by atoms with Crippen LogP contribution in [0, 0.1) is 6.92 Å². The summed E-state index contributed by atoms with van der Waals surface area (Å²) in [6, 6.07) is 15.3. The molecule has 0 saturated carbocycles. The van der Waals surface area contributed by atoms with Crippen molar-refractivity contribution < 1.29 is 9.90 Å². The van der Waals surface area contributed by atoms with Gasteiger partial charge in [-0.1, -0.05) is 56.1 Å². The summed E-state index contributed by atoms with van der Waals surface area (Å²) in [5, 5.41) is 18.0. The molecule has 7 heteroatoms. The fraction of sp³-hybridized carbons (Fsp3) is 0.333. The molecule has 166 valence electrons. The highest BCUT2D eigenvalue weighted by atomic mass is 35.5. The van der Waals surface area contributed by atoms with Gasteiger partial charge in [-0.15, -0.1) is 0 Å². The van der Waals surface area contributed by atoms with E-state index in [0.717, 1.165) is 49.7 Å². The van der Waals surface area contributed by atoms with Gasteiger partial charge in [0.1, 0.15) is 5.82 Å². The molecular weight excluding hydrogens is 412 g/mol. The number of unbranched alkanes of at least 4 members (excludes halogenated alkanes) is 1. The van der Waals surface area contributed by atoms with E-state index in [1.165, 1.54) is 5.56 Å². The first-order chi connectivity index (χ1) is 15.0. The van der Waals surface area contributed by atoms with Crippen LogP contribution in [0.3, 0.4) is 0 Å². The van der Waals surface area contributed by atoms with Gasteiger partial charge in [0.05, 0.1) is 22.1 Å². The summed E-state index contributed by atoms with van der Waals surface area (Å²) < 4.78 is 1.78. The lowest BCUT2D eigenvalue weighted by molar-refractivity contribution is 0.262. The second-order valence-electron chi connectivity index (χ2n) is 7.07. The van der Waals surface area contributed by atoms with Gasteiger partial charge in [0, 0.05) is 13.2 Å². The van der Waals surface area contributed by atoms with Crippen LogP contribution in [0.1, 0.15) is 43.5 Å². The molecule has 0 spiro atoms.